The predicted molar refractivity (Wildman–Crippen MR) is 88.3 cm³/mol. The van der Waals surface area contributed by atoms with E-state index in [1.807, 2.05) is 36.2 Å². The summed E-state index contributed by atoms with van der Waals surface area (Å²) in [4.78, 5) is 1.98. The van der Waals surface area contributed by atoms with Crippen LogP contribution in [0, 0.1) is 0 Å². The fourth-order valence-corrected chi connectivity index (χ4v) is 1.60. The molecule has 0 aromatic heterocycles. The summed E-state index contributed by atoms with van der Waals surface area (Å²) in [6.45, 7) is 4.94. The zero-order valence-electron chi connectivity index (χ0n) is 11.5. The number of thiocarbonyl (C=S) groups is 1. The zero-order chi connectivity index (χ0) is 14.8. The lowest BCUT2D eigenvalue weighted by Gasteiger charge is -2.17. The van der Waals surface area contributed by atoms with Gasteiger partial charge < -0.3 is 15.3 Å². The molecule has 0 heterocycles. The third-order valence-electron chi connectivity index (χ3n) is 2.56. The lowest BCUT2D eigenvalue weighted by Crippen LogP contribution is -2.31. The van der Waals surface area contributed by atoms with Crippen molar-refractivity contribution < 1.29 is 5.11 Å². The molecule has 6 heteroatoms. The molecule has 1 aromatic rings. The Hall–Kier alpha value is -1.92. The van der Waals surface area contributed by atoms with Crippen LogP contribution in [0.2, 0.25) is 0 Å². The van der Waals surface area contributed by atoms with Gasteiger partial charge in [0.15, 0.2) is 5.11 Å². The second-order valence-corrected chi connectivity index (χ2v) is 4.51. The number of aliphatic hydroxyl groups excluding tert-OH is 1. The number of likely N-dealkylation sites (N-methyl/N-ethyl adjacent to an activating group) is 1. The van der Waals surface area contributed by atoms with E-state index in [2.05, 4.69) is 22.4 Å². The summed E-state index contributed by atoms with van der Waals surface area (Å²) >= 11 is 5.00. The molecular formula is C14H20N4OS. The lowest BCUT2D eigenvalue weighted by molar-refractivity contribution is 0.304. The molecule has 0 saturated heterocycles. The SMILES string of the molecule is C=CCNC(=S)N/N=C\c1ccc(N(C)CCO)cc1. The van der Waals surface area contributed by atoms with Crippen molar-refractivity contribution in [3.05, 3.63) is 42.5 Å². The molecule has 1 aromatic carbocycles. The van der Waals surface area contributed by atoms with Crippen molar-refractivity contribution in [2.75, 3.05) is 31.6 Å². The number of hydrogen-bond donors (Lipinski definition) is 3. The number of aliphatic hydroxyl groups is 1. The van der Waals surface area contributed by atoms with E-state index in [4.69, 9.17) is 17.3 Å². The number of hydrogen-bond acceptors (Lipinski definition) is 4. The summed E-state index contributed by atoms with van der Waals surface area (Å²) in [5.41, 5.74) is 4.73. The molecule has 0 aliphatic rings. The molecule has 20 heavy (non-hydrogen) atoms. The fourth-order valence-electron chi connectivity index (χ4n) is 1.46. The zero-order valence-corrected chi connectivity index (χ0v) is 12.4. The van der Waals surface area contributed by atoms with Gasteiger partial charge in [-0.2, -0.15) is 5.10 Å². The van der Waals surface area contributed by atoms with E-state index in [9.17, 15) is 0 Å². The summed E-state index contributed by atoms with van der Waals surface area (Å²) < 4.78 is 0. The summed E-state index contributed by atoms with van der Waals surface area (Å²) in [6, 6.07) is 7.86. The van der Waals surface area contributed by atoms with Gasteiger partial charge in [-0.25, -0.2) is 0 Å². The van der Waals surface area contributed by atoms with Gasteiger partial charge in [0.25, 0.3) is 0 Å². The van der Waals surface area contributed by atoms with Crippen LogP contribution in [0.5, 0.6) is 0 Å². The van der Waals surface area contributed by atoms with Crippen LogP contribution in [0.1, 0.15) is 5.56 Å². The number of rotatable bonds is 7. The average molecular weight is 292 g/mol. The number of hydrazone groups is 1. The Bertz CT molecular complexity index is 459. The molecule has 0 aliphatic heterocycles. The maximum atomic E-state index is 8.89. The van der Waals surface area contributed by atoms with Crippen molar-refractivity contribution in [2.45, 2.75) is 0 Å². The molecule has 0 saturated carbocycles. The van der Waals surface area contributed by atoms with Crippen LogP contribution in [-0.4, -0.2) is 43.2 Å². The highest BCUT2D eigenvalue weighted by Gasteiger charge is 1.98. The van der Waals surface area contributed by atoms with Crippen LogP contribution in [-0.2, 0) is 0 Å². The predicted octanol–water partition coefficient (Wildman–Crippen LogP) is 1.10. The lowest BCUT2D eigenvalue weighted by atomic mass is 10.2. The van der Waals surface area contributed by atoms with Crippen LogP contribution >= 0.6 is 12.2 Å². The minimum Gasteiger partial charge on any atom is -0.395 e. The van der Waals surface area contributed by atoms with Crippen LogP contribution in [0.25, 0.3) is 0 Å². The molecule has 3 N–H and O–H groups in total. The average Bonchev–Trinajstić information content (AvgIpc) is 2.46. The Morgan fingerprint density at radius 2 is 2.15 bits per heavy atom. The van der Waals surface area contributed by atoms with Crippen molar-refractivity contribution in [1.29, 1.82) is 0 Å². The van der Waals surface area contributed by atoms with Gasteiger partial charge in [0, 0.05) is 25.8 Å². The quantitative estimate of drug-likeness (QED) is 0.304. The first-order valence-corrected chi connectivity index (χ1v) is 6.68. The molecule has 1 rings (SSSR count). The van der Waals surface area contributed by atoms with Crippen molar-refractivity contribution in [3.8, 4) is 0 Å². The van der Waals surface area contributed by atoms with Gasteiger partial charge in [0.1, 0.15) is 0 Å². The third-order valence-corrected chi connectivity index (χ3v) is 2.79. The van der Waals surface area contributed by atoms with Crippen LogP contribution < -0.4 is 15.6 Å². The van der Waals surface area contributed by atoms with Crippen LogP contribution in [0.15, 0.2) is 42.0 Å². The Morgan fingerprint density at radius 1 is 1.45 bits per heavy atom. The van der Waals surface area contributed by atoms with Crippen molar-refractivity contribution >= 4 is 29.2 Å². The molecule has 0 spiro atoms. The van der Waals surface area contributed by atoms with E-state index < -0.39 is 0 Å². The fraction of sp³-hybridized carbons (Fsp3) is 0.286. The van der Waals surface area contributed by atoms with Crippen molar-refractivity contribution in [1.82, 2.24) is 10.7 Å². The molecule has 0 radical (unpaired) electrons. The van der Waals surface area contributed by atoms with Crippen LogP contribution in [0.4, 0.5) is 5.69 Å². The Labute approximate surface area is 125 Å². The first-order valence-electron chi connectivity index (χ1n) is 6.27. The molecule has 0 aliphatic carbocycles. The number of benzene rings is 1. The second kappa shape index (κ2) is 9.06. The molecule has 5 nitrogen and oxygen atoms in total. The third kappa shape index (κ3) is 5.81. The molecule has 0 unspecified atom stereocenters. The van der Waals surface area contributed by atoms with Gasteiger partial charge in [-0.15, -0.1) is 6.58 Å². The highest BCUT2D eigenvalue weighted by Crippen LogP contribution is 2.12. The standard InChI is InChI=1S/C14H20N4OS/c1-3-8-15-14(20)17-16-11-12-4-6-13(7-5-12)18(2)9-10-19/h3-7,11,19H,1,8-10H2,2H3,(H2,15,17,20)/b16-11-. The monoisotopic (exact) mass is 292 g/mol. The summed E-state index contributed by atoms with van der Waals surface area (Å²) in [7, 11) is 1.94. The van der Waals surface area contributed by atoms with Gasteiger partial charge in [0.05, 0.1) is 12.8 Å². The first kappa shape index (κ1) is 16.1. The number of anilines is 1. The molecule has 0 atom stereocenters. The topological polar surface area (TPSA) is 59.9 Å². The summed E-state index contributed by atoms with van der Waals surface area (Å²) in [6.07, 6.45) is 3.41. The Kier molecular flexibility index (Phi) is 7.31. The summed E-state index contributed by atoms with van der Waals surface area (Å²) in [5.74, 6) is 0. The summed E-state index contributed by atoms with van der Waals surface area (Å²) in [5, 5.41) is 16.3. The smallest absolute Gasteiger partial charge is 0.187 e. The maximum absolute atomic E-state index is 8.89. The van der Waals surface area contributed by atoms with Crippen LogP contribution in [0.3, 0.4) is 0 Å². The van der Waals surface area contributed by atoms with E-state index in [0.717, 1.165) is 11.3 Å². The van der Waals surface area contributed by atoms with Gasteiger partial charge in [0.2, 0.25) is 0 Å². The van der Waals surface area contributed by atoms with Gasteiger partial charge >= 0.3 is 0 Å². The minimum atomic E-state index is 0.138. The molecule has 0 bridgehead atoms. The van der Waals surface area contributed by atoms with E-state index in [1.54, 1.807) is 12.3 Å². The van der Waals surface area contributed by atoms with Gasteiger partial charge in [-0.3, -0.25) is 5.43 Å². The second-order valence-electron chi connectivity index (χ2n) is 4.11. The first-order chi connectivity index (χ1) is 9.67. The van der Waals surface area contributed by atoms with Crippen molar-refractivity contribution in [2.24, 2.45) is 5.10 Å². The molecular weight excluding hydrogens is 272 g/mol. The number of nitrogens with one attached hydrogen (secondary N) is 2. The van der Waals surface area contributed by atoms with Gasteiger partial charge in [-0.1, -0.05) is 18.2 Å². The van der Waals surface area contributed by atoms with Crippen molar-refractivity contribution in [3.63, 3.8) is 0 Å². The molecule has 0 amide bonds. The molecule has 108 valence electrons. The highest BCUT2D eigenvalue weighted by molar-refractivity contribution is 7.80. The Balaban J connectivity index is 2.48. The van der Waals surface area contributed by atoms with E-state index in [-0.39, 0.29) is 6.61 Å². The van der Waals surface area contributed by atoms with E-state index >= 15 is 0 Å². The normalized spacial score (nSPS) is 10.3. The maximum Gasteiger partial charge on any atom is 0.187 e. The van der Waals surface area contributed by atoms with E-state index in [1.165, 1.54) is 0 Å². The number of nitrogens with zero attached hydrogens (tertiary/aromatic N) is 2. The van der Waals surface area contributed by atoms with E-state index in [0.29, 0.717) is 18.2 Å². The Morgan fingerprint density at radius 3 is 2.75 bits per heavy atom. The highest BCUT2D eigenvalue weighted by atomic mass is 32.1. The van der Waals surface area contributed by atoms with Gasteiger partial charge in [-0.05, 0) is 29.9 Å². The molecule has 0 fully saturated rings. The minimum absolute atomic E-state index is 0.138. The largest absolute Gasteiger partial charge is 0.395 e.